The number of aliphatic hydroxyl groups excluding tert-OH is 1. The first-order valence-corrected chi connectivity index (χ1v) is 8.18. The number of thiophene rings is 1. The lowest BCUT2D eigenvalue weighted by atomic mass is 10.0. The summed E-state index contributed by atoms with van der Waals surface area (Å²) < 4.78 is 2.11. The predicted octanol–water partition coefficient (Wildman–Crippen LogP) is 5.67. The second-order valence-electron chi connectivity index (χ2n) is 4.00. The molecule has 1 heterocycles. The highest BCUT2D eigenvalue weighted by molar-refractivity contribution is 9.12. The summed E-state index contributed by atoms with van der Waals surface area (Å²) in [7, 11) is 0. The molecule has 0 aromatic carbocycles. The van der Waals surface area contributed by atoms with Crippen molar-refractivity contribution in [1.82, 2.24) is 0 Å². The van der Waals surface area contributed by atoms with Gasteiger partial charge in [0, 0.05) is 5.56 Å². The maximum atomic E-state index is 10.0. The van der Waals surface area contributed by atoms with Crippen LogP contribution in [0.5, 0.6) is 0 Å². The van der Waals surface area contributed by atoms with Crippen molar-refractivity contribution in [3.05, 3.63) is 19.2 Å². The van der Waals surface area contributed by atoms with Gasteiger partial charge in [0.05, 0.1) is 13.7 Å². The number of unbranched alkanes of at least 4 members (excludes halogenated alkanes) is 4. The van der Waals surface area contributed by atoms with Crippen LogP contribution in [0.25, 0.3) is 0 Å². The van der Waals surface area contributed by atoms with E-state index < -0.39 is 0 Å². The number of hydrogen-bond acceptors (Lipinski definition) is 2. The van der Waals surface area contributed by atoms with Gasteiger partial charge in [-0.1, -0.05) is 39.0 Å². The smallest absolute Gasteiger partial charge is 0.0809 e. The Morgan fingerprint density at radius 2 is 1.94 bits per heavy atom. The maximum absolute atomic E-state index is 10.0. The SMILES string of the molecule is CCCCCCCC(O)c1cc(Br)sc1Br. The molecule has 0 saturated heterocycles. The lowest BCUT2D eigenvalue weighted by molar-refractivity contribution is 0.163. The highest BCUT2D eigenvalue weighted by Crippen LogP contribution is 2.37. The minimum Gasteiger partial charge on any atom is -0.388 e. The summed E-state index contributed by atoms with van der Waals surface area (Å²) >= 11 is 8.53. The molecule has 16 heavy (non-hydrogen) atoms. The van der Waals surface area contributed by atoms with E-state index in [0.717, 1.165) is 26.0 Å². The van der Waals surface area contributed by atoms with E-state index in [9.17, 15) is 5.11 Å². The van der Waals surface area contributed by atoms with E-state index in [1.807, 2.05) is 6.07 Å². The van der Waals surface area contributed by atoms with Gasteiger partial charge >= 0.3 is 0 Å². The Labute approximate surface area is 119 Å². The first-order chi connectivity index (χ1) is 7.65. The topological polar surface area (TPSA) is 20.2 Å². The lowest BCUT2D eigenvalue weighted by Gasteiger charge is -2.09. The molecule has 1 N–H and O–H groups in total. The molecule has 1 aromatic heterocycles. The van der Waals surface area contributed by atoms with Gasteiger partial charge in [0.25, 0.3) is 0 Å². The molecule has 0 aliphatic carbocycles. The summed E-state index contributed by atoms with van der Waals surface area (Å²) in [6.45, 7) is 2.22. The molecule has 0 spiro atoms. The number of hydrogen-bond donors (Lipinski definition) is 1. The van der Waals surface area contributed by atoms with Crippen LogP contribution >= 0.6 is 43.2 Å². The van der Waals surface area contributed by atoms with Gasteiger partial charge in [-0.25, -0.2) is 0 Å². The van der Waals surface area contributed by atoms with Crippen LogP contribution in [-0.2, 0) is 0 Å². The van der Waals surface area contributed by atoms with Crippen molar-refractivity contribution in [2.45, 2.75) is 51.6 Å². The number of halogens is 2. The van der Waals surface area contributed by atoms with Crippen LogP contribution in [0, 0.1) is 0 Å². The highest BCUT2D eigenvalue weighted by Gasteiger charge is 2.13. The summed E-state index contributed by atoms with van der Waals surface area (Å²) in [5.74, 6) is 0. The van der Waals surface area contributed by atoms with E-state index in [-0.39, 0.29) is 6.10 Å². The van der Waals surface area contributed by atoms with Crippen molar-refractivity contribution in [3.63, 3.8) is 0 Å². The van der Waals surface area contributed by atoms with Crippen molar-refractivity contribution in [1.29, 1.82) is 0 Å². The molecular weight excluding hydrogens is 352 g/mol. The van der Waals surface area contributed by atoms with Crippen molar-refractivity contribution in [2.75, 3.05) is 0 Å². The van der Waals surface area contributed by atoms with Gasteiger partial charge in [-0.15, -0.1) is 11.3 Å². The van der Waals surface area contributed by atoms with Crippen molar-refractivity contribution >= 4 is 43.2 Å². The second kappa shape index (κ2) is 7.85. The van der Waals surface area contributed by atoms with Gasteiger partial charge in [0.15, 0.2) is 0 Å². The third kappa shape index (κ3) is 4.86. The molecule has 0 radical (unpaired) electrons. The summed E-state index contributed by atoms with van der Waals surface area (Å²) in [5.41, 5.74) is 1.02. The summed E-state index contributed by atoms with van der Waals surface area (Å²) in [6, 6.07) is 2.01. The molecule has 0 aliphatic rings. The molecule has 4 heteroatoms. The Morgan fingerprint density at radius 3 is 2.50 bits per heavy atom. The fourth-order valence-electron chi connectivity index (χ4n) is 1.68. The summed E-state index contributed by atoms with van der Waals surface area (Å²) in [5, 5.41) is 10.0. The molecule has 0 bridgehead atoms. The van der Waals surface area contributed by atoms with Gasteiger partial charge in [-0.05, 0) is 44.3 Å². The zero-order valence-electron chi connectivity index (χ0n) is 9.51. The van der Waals surface area contributed by atoms with Gasteiger partial charge < -0.3 is 5.11 Å². The first-order valence-electron chi connectivity index (χ1n) is 5.78. The molecule has 0 fully saturated rings. The van der Waals surface area contributed by atoms with Gasteiger partial charge in [-0.3, -0.25) is 0 Å². The molecule has 1 rings (SSSR count). The molecule has 0 saturated carbocycles. The van der Waals surface area contributed by atoms with Gasteiger partial charge in [-0.2, -0.15) is 0 Å². The van der Waals surface area contributed by atoms with Crippen LogP contribution < -0.4 is 0 Å². The molecular formula is C12H18Br2OS. The van der Waals surface area contributed by atoms with Crippen LogP contribution in [0.3, 0.4) is 0 Å². The van der Waals surface area contributed by atoms with E-state index in [4.69, 9.17) is 0 Å². The monoisotopic (exact) mass is 368 g/mol. The van der Waals surface area contributed by atoms with E-state index in [0.29, 0.717) is 0 Å². The first kappa shape index (κ1) is 14.7. The van der Waals surface area contributed by atoms with E-state index >= 15 is 0 Å². The fourth-order valence-corrected chi connectivity index (χ4v) is 4.63. The largest absolute Gasteiger partial charge is 0.388 e. The molecule has 1 aromatic rings. The average Bonchev–Trinajstić information content (AvgIpc) is 2.57. The van der Waals surface area contributed by atoms with Crippen LogP contribution in [0.1, 0.15) is 57.1 Å². The zero-order valence-corrected chi connectivity index (χ0v) is 13.5. The highest BCUT2D eigenvalue weighted by atomic mass is 79.9. The van der Waals surface area contributed by atoms with E-state index in [1.54, 1.807) is 11.3 Å². The van der Waals surface area contributed by atoms with E-state index in [2.05, 4.69) is 38.8 Å². The van der Waals surface area contributed by atoms with Crippen molar-refractivity contribution in [3.8, 4) is 0 Å². The Hall–Kier alpha value is 0.620. The van der Waals surface area contributed by atoms with Crippen LogP contribution in [-0.4, -0.2) is 5.11 Å². The molecule has 1 nitrogen and oxygen atoms in total. The Bertz CT molecular complexity index is 312. The van der Waals surface area contributed by atoms with Crippen molar-refractivity contribution < 1.29 is 5.11 Å². The van der Waals surface area contributed by atoms with Gasteiger partial charge in [0.2, 0.25) is 0 Å². The third-order valence-corrected chi connectivity index (χ3v) is 5.01. The number of aliphatic hydroxyl groups is 1. The van der Waals surface area contributed by atoms with Crippen molar-refractivity contribution in [2.24, 2.45) is 0 Å². The minimum atomic E-state index is -0.321. The third-order valence-electron chi connectivity index (χ3n) is 2.62. The quantitative estimate of drug-likeness (QED) is 0.614. The Kier molecular flexibility index (Phi) is 7.20. The molecule has 1 atom stereocenters. The second-order valence-corrected chi connectivity index (χ2v) is 7.75. The van der Waals surface area contributed by atoms with Crippen LogP contribution in [0.15, 0.2) is 13.6 Å². The van der Waals surface area contributed by atoms with Crippen LogP contribution in [0.2, 0.25) is 0 Å². The standard InChI is InChI=1S/C12H18Br2OS/c1-2-3-4-5-6-7-10(15)9-8-11(13)16-12(9)14/h8,10,15H,2-7H2,1H3. The van der Waals surface area contributed by atoms with E-state index in [1.165, 1.54) is 25.7 Å². The van der Waals surface area contributed by atoms with Gasteiger partial charge in [0.1, 0.15) is 0 Å². The minimum absolute atomic E-state index is 0.321. The molecule has 92 valence electrons. The summed E-state index contributed by atoms with van der Waals surface area (Å²) in [4.78, 5) is 0. The molecule has 0 amide bonds. The molecule has 0 aliphatic heterocycles. The summed E-state index contributed by atoms with van der Waals surface area (Å²) in [6.07, 6.45) is 6.76. The predicted molar refractivity (Wildman–Crippen MR) is 78.1 cm³/mol. The Balaban J connectivity index is 2.29. The normalized spacial score (nSPS) is 13.0. The maximum Gasteiger partial charge on any atom is 0.0809 e. The molecule has 1 unspecified atom stereocenters. The zero-order chi connectivity index (χ0) is 12.0. The fraction of sp³-hybridized carbons (Fsp3) is 0.667. The van der Waals surface area contributed by atoms with Crippen LogP contribution in [0.4, 0.5) is 0 Å². The lowest BCUT2D eigenvalue weighted by Crippen LogP contribution is -1.96. The average molecular weight is 370 g/mol. The Morgan fingerprint density at radius 1 is 1.25 bits per heavy atom. The number of rotatable bonds is 7.